The number of nitrogens with one attached hydrogen (secondary N) is 2. The molecule has 0 unspecified atom stereocenters. The van der Waals surface area contributed by atoms with Gasteiger partial charge in [-0.3, -0.25) is 9.69 Å². The van der Waals surface area contributed by atoms with Crippen LogP contribution in [0.25, 0.3) is 0 Å². The van der Waals surface area contributed by atoms with Crippen LogP contribution in [0, 0.1) is 11.8 Å². The van der Waals surface area contributed by atoms with Gasteiger partial charge in [0.1, 0.15) is 0 Å². The maximum atomic E-state index is 12.0. The Morgan fingerprint density at radius 2 is 2.05 bits per heavy atom. The average Bonchev–Trinajstić information content (AvgIpc) is 3.20. The van der Waals surface area contributed by atoms with Gasteiger partial charge >= 0.3 is 0 Å². The van der Waals surface area contributed by atoms with E-state index in [2.05, 4.69) is 21.9 Å². The van der Waals surface area contributed by atoms with E-state index < -0.39 is 10.0 Å². The first kappa shape index (κ1) is 16.7. The SMILES string of the molecule is C[C@@H](NC(=O)CN1CCC[C@H](CNS(C)(=O)=O)C1)C1CC1. The Morgan fingerprint density at radius 3 is 2.67 bits per heavy atom. The van der Waals surface area contributed by atoms with Crippen LogP contribution in [-0.4, -0.2) is 57.7 Å². The molecule has 7 heteroatoms. The van der Waals surface area contributed by atoms with Gasteiger partial charge in [0.2, 0.25) is 15.9 Å². The van der Waals surface area contributed by atoms with E-state index in [1.807, 2.05) is 0 Å². The molecule has 6 nitrogen and oxygen atoms in total. The van der Waals surface area contributed by atoms with E-state index in [9.17, 15) is 13.2 Å². The normalized spacial score (nSPS) is 25.5. The summed E-state index contributed by atoms with van der Waals surface area (Å²) in [4.78, 5) is 14.1. The number of likely N-dealkylation sites (tertiary alicyclic amines) is 1. The molecule has 0 aromatic carbocycles. The summed E-state index contributed by atoms with van der Waals surface area (Å²) in [5.41, 5.74) is 0. The van der Waals surface area contributed by atoms with Crippen LogP contribution in [0.15, 0.2) is 0 Å². The lowest BCUT2D eigenvalue weighted by atomic mass is 9.98. The van der Waals surface area contributed by atoms with E-state index >= 15 is 0 Å². The van der Waals surface area contributed by atoms with E-state index in [0.717, 1.165) is 25.9 Å². The molecule has 0 aromatic heterocycles. The number of rotatable bonds is 7. The summed E-state index contributed by atoms with van der Waals surface area (Å²) in [5, 5.41) is 3.07. The van der Waals surface area contributed by atoms with E-state index in [1.54, 1.807) is 0 Å². The molecule has 1 saturated heterocycles. The first-order valence-corrected chi connectivity index (χ1v) is 9.69. The predicted molar refractivity (Wildman–Crippen MR) is 82.3 cm³/mol. The number of hydrogen-bond donors (Lipinski definition) is 2. The van der Waals surface area contributed by atoms with Crippen LogP contribution >= 0.6 is 0 Å². The third-order valence-electron chi connectivity index (χ3n) is 4.32. The summed E-state index contributed by atoms with van der Waals surface area (Å²) in [6.45, 7) is 4.67. The van der Waals surface area contributed by atoms with Gasteiger partial charge in [-0.1, -0.05) is 0 Å². The minimum absolute atomic E-state index is 0.0890. The average molecular weight is 317 g/mol. The fourth-order valence-corrected chi connectivity index (χ4v) is 3.49. The van der Waals surface area contributed by atoms with Crippen molar-refractivity contribution in [1.82, 2.24) is 14.9 Å². The zero-order chi connectivity index (χ0) is 15.5. The molecule has 1 amide bonds. The number of amides is 1. The van der Waals surface area contributed by atoms with Gasteiger partial charge in [-0.05, 0) is 51.0 Å². The molecular formula is C14H27N3O3S. The summed E-state index contributed by atoms with van der Waals surface area (Å²) in [7, 11) is -3.13. The minimum atomic E-state index is -3.13. The maximum Gasteiger partial charge on any atom is 0.234 e. The molecule has 2 N–H and O–H groups in total. The molecular weight excluding hydrogens is 290 g/mol. The highest BCUT2D eigenvalue weighted by Crippen LogP contribution is 2.32. The highest BCUT2D eigenvalue weighted by molar-refractivity contribution is 7.88. The number of carbonyl (C=O) groups is 1. The number of nitrogens with zero attached hydrogens (tertiary/aromatic N) is 1. The lowest BCUT2D eigenvalue weighted by Gasteiger charge is -2.32. The van der Waals surface area contributed by atoms with Crippen molar-refractivity contribution in [2.75, 3.05) is 32.4 Å². The molecule has 1 aliphatic carbocycles. The van der Waals surface area contributed by atoms with E-state index in [1.165, 1.54) is 19.1 Å². The van der Waals surface area contributed by atoms with Crippen molar-refractivity contribution >= 4 is 15.9 Å². The van der Waals surface area contributed by atoms with Gasteiger partial charge in [0.15, 0.2) is 0 Å². The number of sulfonamides is 1. The quantitative estimate of drug-likeness (QED) is 0.701. The zero-order valence-corrected chi connectivity index (χ0v) is 13.8. The van der Waals surface area contributed by atoms with Gasteiger partial charge < -0.3 is 5.32 Å². The molecule has 1 saturated carbocycles. The second-order valence-electron chi connectivity index (χ2n) is 6.56. The summed E-state index contributed by atoms with van der Waals surface area (Å²) in [6, 6.07) is 0.282. The lowest BCUT2D eigenvalue weighted by Crippen LogP contribution is -2.46. The first-order chi connectivity index (χ1) is 9.83. The van der Waals surface area contributed by atoms with Crippen LogP contribution in [0.1, 0.15) is 32.6 Å². The van der Waals surface area contributed by atoms with Crippen LogP contribution < -0.4 is 10.0 Å². The third kappa shape index (κ3) is 6.32. The van der Waals surface area contributed by atoms with Gasteiger partial charge in [-0.15, -0.1) is 0 Å². The van der Waals surface area contributed by atoms with Crippen molar-refractivity contribution in [3.05, 3.63) is 0 Å². The number of hydrogen-bond acceptors (Lipinski definition) is 4. The Morgan fingerprint density at radius 1 is 1.33 bits per heavy atom. The molecule has 0 bridgehead atoms. The van der Waals surface area contributed by atoms with Crippen LogP contribution in [0.3, 0.4) is 0 Å². The summed E-state index contributed by atoms with van der Waals surface area (Å²) in [5.74, 6) is 1.05. The van der Waals surface area contributed by atoms with Crippen molar-refractivity contribution < 1.29 is 13.2 Å². The second kappa shape index (κ2) is 7.07. The lowest BCUT2D eigenvalue weighted by molar-refractivity contribution is -0.123. The van der Waals surface area contributed by atoms with Gasteiger partial charge in [0, 0.05) is 19.1 Å². The highest BCUT2D eigenvalue weighted by Gasteiger charge is 2.29. The fraction of sp³-hybridized carbons (Fsp3) is 0.929. The Kier molecular flexibility index (Phi) is 5.62. The van der Waals surface area contributed by atoms with Gasteiger partial charge in [0.05, 0.1) is 12.8 Å². The molecule has 0 radical (unpaired) electrons. The molecule has 2 atom stereocenters. The topological polar surface area (TPSA) is 78.5 Å². The monoisotopic (exact) mass is 317 g/mol. The number of piperidine rings is 1. The molecule has 0 spiro atoms. The predicted octanol–water partition coefficient (Wildman–Crippen LogP) is 0.162. The molecule has 2 aliphatic rings. The molecule has 2 fully saturated rings. The fourth-order valence-electron chi connectivity index (χ4n) is 2.95. The maximum absolute atomic E-state index is 12.0. The standard InChI is InChI=1S/C14H27N3O3S/c1-11(13-5-6-13)16-14(18)10-17-7-3-4-12(9-17)8-15-21(2,19)20/h11-13,15H,3-10H2,1-2H3,(H,16,18)/t11-,12-/m1/s1. The van der Waals surface area contributed by atoms with Crippen LogP contribution in [0.5, 0.6) is 0 Å². The highest BCUT2D eigenvalue weighted by atomic mass is 32.2. The largest absolute Gasteiger partial charge is 0.352 e. The van der Waals surface area contributed by atoms with E-state index in [-0.39, 0.29) is 11.9 Å². The van der Waals surface area contributed by atoms with Crippen LogP contribution in [0.2, 0.25) is 0 Å². The summed E-state index contributed by atoms with van der Waals surface area (Å²) in [6.07, 6.45) is 5.66. The molecule has 2 rings (SSSR count). The summed E-state index contributed by atoms with van der Waals surface area (Å²) >= 11 is 0. The third-order valence-corrected chi connectivity index (χ3v) is 5.01. The Labute approximate surface area is 127 Å². The zero-order valence-electron chi connectivity index (χ0n) is 13.0. The molecule has 1 heterocycles. The Hall–Kier alpha value is -0.660. The molecule has 0 aromatic rings. The molecule has 122 valence electrons. The van der Waals surface area contributed by atoms with Crippen molar-refractivity contribution in [1.29, 1.82) is 0 Å². The first-order valence-electron chi connectivity index (χ1n) is 7.80. The van der Waals surface area contributed by atoms with Crippen LogP contribution in [-0.2, 0) is 14.8 Å². The second-order valence-corrected chi connectivity index (χ2v) is 8.39. The van der Waals surface area contributed by atoms with Crippen molar-refractivity contribution in [3.63, 3.8) is 0 Å². The minimum Gasteiger partial charge on any atom is -0.352 e. The van der Waals surface area contributed by atoms with Crippen molar-refractivity contribution in [3.8, 4) is 0 Å². The van der Waals surface area contributed by atoms with Gasteiger partial charge in [-0.2, -0.15) is 0 Å². The van der Waals surface area contributed by atoms with Crippen molar-refractivity contribution in [2.45, 2.75) is 38.6 Å². The van der Waals surface area contributed by atoms with Crippen molar-refractivity contribution in [2.24, 2.45) is 11.8 Å². The summed E-state index contributed by atoms with van der Waals surface area (Å²) < 4.78 is 24.8. The van der Waals surface area contributed by atoms with Gasteiger partial charge in [-0.25, -0.2) is 13.1 Å². The number of carbonyl (C=O) groups excluding carboxylic acids is 1. The Balaban J connectivity index is 1.71. The molecule has 1 aliphatic heterocycles. The van der Waals surface area contributed by atoms with E-state index in [4.69, 9.17) is 0 Å². The van der Waals surface area contributed by atoms with Crippen LogP contribution in [0.4, 0.5) is 0 Å². The van der Waals surface area contributed by atoms with E-state index in [0.29, 0.717) is 24.9 Å². The smallest absolute Gasteiger partial charge is 0.234 e. The molecule has 21 heavy (non-hydrogen) atoms. The van der Waals surface area contributed by atoms with Gasteiger partial charge in [0.25, 0.3) is 0 Å². The Bertz CT molecular complexity index is 462.